The topological polar surface area (TPSA) is 77.4 Å². The highest BCUT2D eigenvalue weighted by molar-refractivity contribution is 5.80. The van der Waals surface area contributed by atoms with Gasteiger partial charge in [0.25, 0.3) is 0 Å². The van der Waals surface area contributed by atoms with Gasteiger partial charge in [0.1, 0.15) is 0 Å². The first-order valence-electron chi connectivity index (χ1n) is 9.02. The molecule has 1 N–H and O–H groups in total. The van der Waals surface area contributed by atoms with E-state index in [1.165, 1.54) is 0 Å². The van der Waals surface area contributed by atoms with Gasteiger partial charge in [0.2, 0.25) is 0 Å². The van der Waals surface area contributed by atoms with E-state index in [1.54, 1.807) is 6.08 Å². The molecular weight excluding hydrogens is 376 g/mol. The summed E-state index contributed by atoms with van der Waals surface area (Å²) in [5, 5.41) is 19.0. The van der Waals surface area contributed by atoms with Crippen LogP contribution in [-0.4, -0.2) is 17.0 Å². The molecule has 0 fully saturated rings. The average molecular weight is 414 g/mol. The van der Waals surface area contributed by atoms with Gasteiger partial charge >= 0.3 is 5.97 Å². The summed E-state index contributed by atoms with van der Waals surface area (Å²) >= 11 is 0. The van der Waals surface area contributed by atoms with E-state index in [2.05, 4.69) is 0 Å². The number of carbonyl (C=O) groups excluding carboxylic acids is 1. The van der Waals surface area contributed by atoms with Gasteiger partial charge in [0.15, 0.2) is 0 Å². The molecule has 30 heavy (non-hydrogen) atoms. The smallest absolute Gasteiger partial charge is 0.328 e. The largest absolute Gasteiger partial charge is 0.550 e. The van der Waals surface area contributed by atoms with Gasteiger partial charge in [-0.3, -0.25) is 0 Å². The maximum absolute atomic E-state index is 10.4. The summed E-state index contributed by atoms with van der Waals surface area (Å²) in [4.78, 5) is 20.8. The predicted molar refractivity (Wildman–Crippen MR) is 127 cm³/mol. The standard InChI is InChI=1S/C24H30O4.2CH4/c1-19(11-7-13-21(3)15-17-23(25)26)9-5-6-10-20(2)12-8-14-22(4)16-18-24(27)28;;/h5-15,17H,16,18H2,1-4H3,(H,25,26)(H,27,28);2*1H4/p-1/b6-5+,11-7+,12-8+,17-15+,19-9+,20-10+,21-13+,22-14+;;. The third-order valence-corrected chi connectivity index (χ3v) is 3.50. The Kier molecular flexibility index (Phi) is 20.2. The Bertz CT molecular complexity index is 767. The van der Waals surface area contributed by atoms with Crippen LogP contribution in [0.15, 0.2) is 95.2 Å². The van der Waals surface area contributed by atoms with E-state index in [0.717, 1.165) is 28.4 Å². The lowest BCUT2D eigenvalue weighted by Crippen LogP contribution is -2.21. The lowest BCUT2D eigenvalue weighted by atomic mass is 10.1. The number of carbonyl (C=O) groups is 2. The summed E-state index contributed by atoms with van der Waals surface area (Å²) < 4.78 is 0. The highest BCUT2D eigenvalue weighted by Crippen LogP contribution is 2.05. The molecule has 4 nitrogen and oxygen atoms in total. The van der Waals surface area contributed by atoms with Crippen molar-refractivity contribution in [1.29, 1.82) is 0 Å². The SMILES string of the molecule is C.C.CC(/C=C/C=C(C)/C=C/C(=O)O)=C\C=C\C=C(C)\C=C\C=C(/C)CCC(=O)[O-]. The van der Waals surface area contributed by atoms with Gasteiger partial charge in [-0.1, -0.05) is 104 Å². The summed E-state index contributed by atoms with van der Waals surface area (Å²) in [5.41, 5.74) is 3.99. The molecule has 0 amide bonds. The molecule has 0 aliphatic rings. The van der Waals surface area contributed by atoms with Crippen molar-refractivity contribution in [1.82, 2.24) is 0 Å². The van der Waals surface area contributed by atoms with Crippen LogP contribution in [0.5, 0.6) is 0 Å². The molecular formula is C26H37O4-. The molecule has 4 heteroatoms. The molecule has 0 aromatic rings. The van der Waals surface area contributed by atoms with Gasteiger partial charge in [-0.15, -0.1) is 0 Å². The van der Waals surface area contributed by atoms with Gasteiger partial charge in [0.05, 0.1) is 0 Å². The van der Waals surface area contributed by atoms with Crippen LogP contribution < -0.4 is 5.11 Å². The van der Waals surface area contributed by atoms with Crippen LogP contribution >= 0.6 is 0 Å². The first-order chi connectivity index (χ1) is 13.2. The van der Waals surface area contributed by atoms with Gasteiger partial charge < -0.3 is 15.0 Å². The number of carboxylic acid groups (broad SMARTS) is 2. The Morgan fingerprint density at radius 3 is 1.57 bits per heavy atom. The lowest BCUT2D eigenvalue weighted by molar-refractivity contribution is -0.305. The maximum atomic E-state index is 10.4. The predicted octanol–water partition coefficient (Wildman–Crippen LogP) is 5.88. The molecule has 0 heterocycles. The molecule has 0 bridgehead atoms. The monoisotopic (exact) mass is 413 g/mol. The fourth-order valence-corrected chi connectivity index (χ4v) is 1.88. The molecule has 0 saturated heterocycles. The molecule has 166 valence electrons. The van der Waals surface area contributed by atoms with Crippen LogP contribution in [0.1, 0.15) is 55.4 Å². The summed E-state index contributed by atoms with van der Waals surface area (Å²) in [6, 6.07) is 0. The quantitative estimate of drug-likeness (QED) is 0.339. The van der Waals surface area contributed by atoms with Crippen LogP contribution in [0, 0.1) is 0 Å². The molecule has 0 unspecified atom stereocenters. The highest BCUT2D eigenvalue weighted by Gasteiger charge is 1.89. The van der Waals surface area contributed by atoms with Crippen molar-refractivity contribution in [3.8, 4) is 0 Å². The molecule has 0 aromatic carbocycles. The van der Waals surface area contributed by atoms with Gasteiger partial charge in [-0.2, -0.15) is 0 Å². The second-order valence-corrected chi connectivity index (χ2v) is 6.39. The Hall–Kier alpha value is -3.14. The number of carboxylic acids is 2. The molecule has 0 radical (unpaired) electrons. The van der Waals surface area contributed by atoms with E-state index in [4.69, 9.17) is 5.11 Å². The van der Waals surface area contributed by atoms with Gasteiger partial charge in [-0.05, 0) is 40.5 Å². The van der Waals surface area contributed by atoms with Gasteiger partial charge in [-0.25, -0.2) is 4.79 Å². The van der Waals surface area contributed by atoms with Crippen LogP contribution in [0.2, 0.25) is 0 Å². The van der Waals surface area contributed by atoms with Gasteiger partial charge in [0, 0.05) is 12.0 Å². The zero-order valence-corrected chi connectivity index (χ0v) is 17.0. The van der Waals surface area contributed by atoms with E-state index in [0.29, 0.717) is 6.42 Å². The molecule has 0 atom stereocenters. The third kappa shape index (κ3) is 21.2. The van der Waals surface area contributed by atoms with E-state index < -0.39 is 11.9 Å². The second-order valence-electron chi connectivity index (χ2n) is 6.39. The van der Waals surface area contributed by atoms with Crippen molar-refractivity contribution >= 4 is 11.9 Å². The third-order valence-electron chi connectivity index (χ3n) is 3.50. The molecule has 0 rings (SSSR count). The van der Waals surface area contributed by atoms with Crippen molar-refractivity contribution in [2.24, 2.45) is 0 Å². The normalized spacial score (nSPS) is 13.9. The minimum Gasteiger partial charge on any atom is -0.550 e. The second kappa shape index (κ2) is 19.2. The molecule has 0 aliphatic carbocycles. The molecule has 0 aliphatic heterocycles. The molecule has 0 saturated carbocycles. The Labute approximate surface area is 182 Å². The molecule has 0 aromatic heterocycles. The highest BCUT2D eigenvalue weighted by atomic mass is 16.4. The lowest BCUT2D eigenvalue weighted by Gasteiger charge is -2.00. The van der Waals surface area contributed by atoms with E-state index in [-0.39, 0.29) is 21.3 Å². The van der Waals surface area contributed by atoms with E-state index >= 15 is 0 Å². The number of hydrogen-bond donors (Lipinski definition) is 1. The summed E-state index contributed by atoms with van der Waals surface area (Å²) in [5.74, 6) is -1.99. The van der Waals surface area contributed by atoms with Crippen molar-refractivity contribution in [2.75, 3.05) is 0 Å². The Morgan fingerprint density at radius 1 is 0.667 bits per heavy atom. The first-order valence-corrected chi connectivity index (χ1v) is 9.02. The van der Waals surface area contributed by atoms with E-state index in [9.17, 15) is 14.7 Å². The summed E-state index contributed by atoms with van der Waals surface area (Å²) in [6.07, 6.45) is 22.5. The number of hydrogen-bond acceptors (Lipinski definition) is 3. The average Bonchev–Trinajstić information content (AvgIpc) is 2.61. The van der Waals surface area contributed by atoms with Crippen molar-refractivity contribution in [2.45, 2.75) is 55.4 Å². The number of rotatable bonds is 11. The van der Waals surface area contributed by atoms with Crippen LogP contribution in [0.25, 0.3) is 0 Å². The van der Waals surface area contributed by atoms with Crippen molar-refractivity contribution in [3.05, 3.63) is 95.2 Å². The Balaban J connectivity index is -0.00000364. The van der Waals surface area contributed by atoms with Crippen molar-refractivity contribution in [3.63, 3.8) is 0 Å². The number of allylic oxidation sites excluding steroid dienone is 15. The van der Waals surface area contributed by atoms with Crippen LogP contribution in [0.4, 0.5) is 0 Å². The fraction of sp³-hybridized carbons (Fsp3) is 0.308. The van der Waals surface area contributed by atoms with Crippen LogP contribution in [0.3, 0.4) is 0 Å². The van der Waals surface area contributed by atoms with E-state index in [1.807, 2.05) is 88.5 Å². The summed E-state index contributed by atoms with van der Waals surface area (Å²) in [6.45, 7) is 7.70. The van der Waals surface area contributed by atoms with Crippen LogP contribution in [-0.2, 0) is 9.59 Å². The minimum atomic E-state index is -1.03. The Morgan fingerprint density at radius 2 is 1.10 bits per heavy atom. The van der Waals surface area contributed by atoms with Crippen molar-refractivity contribution < 1.29 is 19.8 Å². The number of aliphatic carboxylic acids is 2. The molecule has 0 spiro atoms. The zero-order valence-electron chi connectivity index (χ0n) is 17.0. The first kappa shape index (κ1) is 31.6. The zero-order chi connectivity index (χ0) is 21.4. The fourth-order valence-electron chi connectivity index (χ4n) is 1.88. The summed E-state index contributed by atoms with van der Waals surface area (Å²) in [7, 11) is 0. The minimum absolute atomic E-state index is 0. The maximum Gasteiger partial charge on any atom is 0.328 e.